The third-order valence-electron chi connectivity index (χ3n) is 4.10. The number of carbonyl (C=O) groups excluding carboxylic acids is 1. The molecule has 1 heterocycles. The van der Waals surface area contributed by atoms with Crippen LogP contribution in [0.15, 0.2) is 18.2 Å². The highest BCUT2D eigenvalue weighted by Crippen LogP contribution is 2.19. The molecule has 1 unspecified atom stereocenters. The Bertz CT molecular complexity index is 536. The van der Waals surface area contributed by atoms with Gasteiger partial charge in [-0.2, -0.15) is 0 Å². The van der Waals surface area contributed by atoms with E-state index >= 15 is 0 Å². The van der Waals surface area contributed by atoms with Crippen molar-refractivity contribution in [2.45, 2.75) is 13.0 Å². The molecule has 1 atom stereocenters. The number of aliphatic hydroxyl groups is 1. The Hall–Kier alpha value is -1.21. The second-order valence-corrected chi connectivity index (χ2v) is 6.11. The van der Waals surface area contributed by atoms with E-state index in [1.807, 2.05) is 0 Å². The third-order valence-corrected chi connectivity index (χ3v) is 4.41. The number of likely N-dealkylation sites (N-methyl/N-ethyl adjacent to an activating group) is 1. The maximum Gasteiger partial charge on any atom is 0.234 e. The number of amides is 1. The molecule has 2 N–H and O–H groups in total. The number of carbonyl (C=O) groups is 1. The summed E-state index contributed by atoms with van der Waals surface area (Å²) < 4.78 is 13.4. The number of piperazine rings is 1. The van der Waals surface area contributed by atoms with Gasteiger partial charge in [0.2, 0.25) is 5.91 Å². The van der Waals surface area contributed by atoms with Crippen molar-refractivity contribution in [3.05, 3.63) is 34.6 Å². The van der Waals surface area contributed by atoms with Gasteiger partial charge < -0.3 is 15.3 Å². The number of nitrogens with one attached hydrogen (secondary N) is 1. The summed E-state index contributed by atoms with van der Waals surface area (Å²) in [5, 5.41) is 12.7. The van der Waals surface area contributed by atoms with Gasteiger partial charge in [0.25, 0.3) is 0 Å². The molecule has 0 aliphatic carbocycles. The lowest BCUT2D eigenvalue weighted by molar-refractivity contribution is -0.123. The van der Waals surface area contributed by atoms with Crippen molar-refractivity contribution in [3.8, 4) is 0 Å². The molecule has 1 aliphatic heterocycles. The Morgan fingerprint density at radius 3 is 2.61 bits per heavy atom. The second-order valence-electron chi connectivity index (χ2n) is 5.70. The third kappa shape index (κ3) is 5.42. The molecule has 1 aromatic carbocycles. The molecule has 1 aromatic rings. The molecule has 2 rings (SSSR count). The second kappa shape index (κ2) is 8.59. The Morgan fingerprint density at radius 2 is 2.00 bits per heavy atom. The van der Waals surface area contributed by atoms with Crippen LogP contribution in [0, 0.1) is 5.82 Å². The van der Waals surface area contributed by atoms with E-state index in [0.717, 1.165) is 32.7 Å². The summed E-state index contributed by atoms with van der Waals surface area (Å²) in [6, 6.07) is 4.12. The summed E-state index contributed by atoms with van der Waals surface area (Å²) in [4.78, 5) is 16.4. The van der Waals surface area contributed by atoms with Gasteiger partial charge in [-0.05, 0) is 24.2 Å². The maximum atomic E-state index is 13.4. The van der Waals surface area contributed by atoms with Gasteiger partial charge >= 0.3 is 0 Å². The van der Waals surface area contributed by atoms with E-state index in [1.165, 1.54) is 12.1 Å². The van der Waals surface area contributed by atoms with Crippen molar-refractivity contribution in [2.75, 3.05) is 45.8 Å². The predicted molar refractivity (Wildman–Crippen MR) is 87.9 cm³/mol. The predicted octanol–water partition coefficient (Wildman–Crippen LogP) is 1.27. The highest BCUT2D eigenvalue weighted by Gasteiger charge is 2.18. The number of hydrogen-bond donors (Lipinski definition) is 2. The summed E-state index contributed by atoms with van der Waals surface area (Å²) in [5.41, 5.74) is 0.392. The minimum atomic E-state index is -0.956. The van der Waals surface area contributed by atoms with Gasteiger partial charge in [-0.15, -0.1) is 0 Å². The van der Waals surface area contributed by atoms with Gasteiger partial charge in [-0.1, -0.05) is 24.6 Å². The summed E-state index contributed by atoms with van der Waals surface area (Å²) in [6.07, 6.45) is -0.956. The van der Waals surface area contributed by atoms with Gasteiger partial charge in [-0.3, -0.25) is 9.69 Å². The average Bonchev–Trinajstić information content (AvgIpc) is 2.56. The van der Waals surface area contributed by atoms with Gasteiger partial charge in [0.15, 0.2) is 0 Å². The largest absolute Gasteiger partial charge is 0.387 e. The fraction of sp³-hybridized carbons (Fsp3) is 0.562. The highest BCUT2D eigenvalue weighted by molar-refractivity contribution is 6.30. The molecule has 1 amide bonds. The number of rotatable bonds is 6. The highest BCUT2D eigenvalue weighted by atomic mass is 35.5. The normalized spacial score (nSPS) is 17.9. The number of nitrogens with zero attached hydrogens (tertiary/aromatic N) is 2. The Kier molecular flexibility index (Phi) is 6.77. The van der Waals surface area contributed by atoms with E-state index in [2.05, 4.69) is 22.0 Å². The van der Waals surface area contributed by atoms with Crippen molar-refractivity contribution in [3.63, 3.8) is 0 Å². The first-order valence-corrected chi connectivity index (χ1v) is 8.21. The number of aliphatic hydroxyl groups excluding tert-OH is 1. The average molecular weight is 344 g/mol. The van der Waals surface area contributed by atoms with Crippen LogP contribution in [-0.4, -0.2) is 66.6 Å². The molecule has 23 heavy (non-hydrogen) atoms. The van der Waals surface area contributed by atoms with E-state index < -0.39 is 11.9 Å². The zero-order valence-electron chi connectivity index (χ0n) is 13.3. The minimum Gasteiger partial charge on any atom is -0.387 e. The molecule has 0 saturated carbocycles. The lowest BCUT2D eigenvalue weighted by Gasteiger charge is -2.33. The minimum absolute atomic E-state index is 0.0104. The van der Waals surface area contributed by atoms with Crippen LogP contribution in [0.5, 0.6) is 0 Å². The van der Waals surface area contributed by atoms with Crippen LogP contribution >= 0.6 is 11.6 Å². The Morgan fingerprint density at radius 1 is 1.35 bits per heavy atom. The molecule has 1 aliphatic rings. The summed E-state index contributed by atoms with van der Waals surface area (Å²) >= 11 is 5.61. The van der Waals surface area contributed by atoms with E-state index in [-0.39, 0.29) is 17.5 Å². The molecule has 0 aromatic heterocycles. The lowest BCUT2D eigenvalue weighted by Crippen LogP contribution is -2.49. The van der Waals surface area contributed by atoms with Crippen molar-refractivity contribution in [1.82, 2.24) is 15.1 Å². The van der Waals surface area contributed by atoms with Crippen molar-refractivity contribution in [2.24, 2.45) is 0 Å². The van der Waals surface area contributed by atoms with E-state index in [0.29, 0.717) is 12.1 Å². The van der Waals surface area contributed by atoms with E-state index in [4.69, 9.17) is 11.6 Å². The Labute approximate surface area is 141 Å². The van der Waals surface area contributed by atoms with Crippen molar-refractivity contribution in [1.29, 1.82) is 0 Å². The van der Waals surface area contributed by atoms with Crippen LogP contribution in [0.3, 0.4) is 0 Å². The maximum absolute atomic E-state index is 13.4. The lowest BCUT2D eigenvalue weighted by atomic mass is 10.1. The number of benzene rings is 1. The quantitative estimate of drug-likeness (QED) is 0.816. The molecular formula is C16H23ClFN3O2. The fourth-order valence-electron chi connectivity index (χ4n) is 2.57. The van der Waals surface area contributed by atoms with Crippen LogP contribution in [-0.2, 0) is 4.79 Å². The van der Waals surface area contributed by atoms with Crippen LogP contribution in [0.2, 0.25) is 5.02 Å². The molecule has 7 heteroatoms. The number of hydrogen-bond acceptors (Lipinski definition) is 4. The standard InChI is InChI=1S/C16H23ClFN3O2/c1-2-20-5-7-21(8-6-20)11-16(23)19-10-15(22)12-3-4-13(17)14(18)9-12/h3-4,9,15,22H,2,5-8,10-11H2,1H3,(H,19,23). The number of halogens is 2. The van der Waals surface area contributed by atoms with Gasteiger partial charge in [0.1, 0.15) is 5.82 Å². The van der Waals surface area contributed by atoms with Crippen LogP contribution in [0.25, 0.3) is 0 Å². The first-order valence-electron chi connectivity index (χ1n) is 7.84. The van der Waals surface area contributed by atoms with Crippen LogP contribution < -0.4 is 5.32 Å². The SMILES string of the molecule is CCN1CCN(CC(=O)NCC(O)c2ccc(Cl)c(F)c2)CC1. The zero-order valence-corrected chi connectivity index (χ0v) is 14.0. The van der Waals surface area contributed by atoms with Crippen LogP contribution in [0.1, 0.15) is 18.6 Å². The van der Waals surface area contributed by atoms with E-state index in [9.17, 15) is 14.3 Å². The van der Waals surface area contributed by atoms with Crippen molar-refractivity contribution < 1.29 is 14.3 Å². The molecule has 0 radical (unpaired) electrons. The first kappa shape index (κ1) is 18.1. The van der Waals surface area contributed by atoms with Crippen molar-refractivity contribution >= 4 is 17.5 Å². The smallest absolute Gasteiger partial charge is 0.234 e. The van der Waals surface area contributed by atoms with Gasteiger partial charge in [-0.25, -0.2) is 4.39 Å². The summed E-state index contributed by atoms with van der Waals surface area (Å²) in [7, 11) is 0. The molecular weight excluding hydrogens is 321 g/mol. The molecule has 0 spiro atoms. The van der Waals surface area contributed by atoms with Crippen LogP contribution in [0.4, 0.5) is 4.39 Å². The molecule has 0 bridgehead atoms. The fourth-order valence-corrected chi connectivity index (χ4v) is 2.69. The Balaban J connectivity index is 1.74. The summed E-state index contributed by atoms with van der Waals surface area (Å²) in [5.74, 6) is -0.716. The van der Waals surface area contributed by atoms with Gasteiger partial charge in [0.05, 0.1) is 17.7 Å². The molecule has 128 valence electrons. The topological polar surface area (TPSA) is 55.8 Å². The monoisotopic (exact) mass is 343 g/mol. The first-order chi connectivity index (χ1) is 11.0. The summed E-state index contributed by atoms with van der Waals surface area (Å²) in [6.45, 7) is 7.20. The zero-order chi connectivity index (χ0) is 16.8. The molecule has 1 fully saturated rings. The van der Waals surface area contributed by atoms with E-state index in [1.54, 1.807) is 6.07 Å². The molecule has 5 nitrogen and oxygen atoms in total. The molecule has 1 saturated heterocycles. The van der Waals surface area contributed by atoms with Gasteiger partial charge in [0, 0.05) is 32.7 Å².